The number of benzene rings is 2. The van der Waals surface area contributed by atoms with Crippen LogP contribution in [0.15, 0.2) is 48.7 Å². The minimum absolute atomic E-state index is 0.0510. The number of non-ortho nitro benzene ring substituents is 1. The summed E-state index contributed by atoms with van der Waals surface area (Å²) in [6.07, 6.45) is 1.70. The molecular weight excluding hydrogens is 334 g/mol. The zero-order chi connectivity index (χ0) is 18.5. The molecule has 0 saturated heterocycles. The van der Waals surface area contributed by atoms with Crippen molar-refractivity contribution in [3.8, 4) is 11.5 Å². The van der Waals surface area contributed by atoms with Gasteiger partial charge in [0, 0.05) is 41.2 Å². The second-order valence-electron chi connectivity index (χ2n) is 5.47. The van der Waals surface area contributed by atoms with Gasteiger partial charge in [0.2, 0.25) is 0 Å². The Bertz CT molecular complexity index is 926. The smallest absolute Gasteiger partial charge is 0.269 e. The van der Waals surface area contributed by atoms with Crippen molar-refractivity contribution in [3.05, 3.63) is 58.8 Å². The zero-order valence-electron chi connectivity index (χ0n) is 14.6. The van der Waals surface area contributed by atoms with Gasteiger partial charge < -0.3 is 14.8 Å². The van der Waals surface area contributed by atoms with Crippen molar-refractivity contribution in [2.45, 2.75) is 13.8 Å². The lowest BCUT2D eigenvalue weighted by Gasteiger charge is -2.14. The third-order valence-corrected chi connectivity index (χ3v) is 3.76. The topological polar surface area (TPSA) is 86.5 Å². The molecule has 1 aromatic heterocycles. The standard InChI is InChI=1S/C19H19N3O4/c1-3-25-18-11-15-16(9-10-20-17(15)12-19(18)26-4-2)21-13-5-7-14(8-6-13)22(23)24/h5-12H,3-4H2,1-2H3,(H,20,21). The van der Waals surface area contributed by atoms with Gasteiger partial charge >= 0.3 is 0 Å². The highest BCUT2D eigenvalue weighted by molar-refractivity contribution is 5.95. The average molecular weight is 353 g/mol. The first kappa shape index (κ1) is 17.5. The molecule has 0 aliphatic carbocycles. The van der Waals surface area contributed by atoms with E-state index in [0.29, 0.717) is 24.7 Å². The van der Waals surface area contributed by atoms with Gasteiger partial charge in [-0.25, -0.2) is 0 Å². The molecule has 0 amide bonds. The number of anilines is 2. The van der Waals surface area contributed by atoms with Crippen LogP contribution in [0.3, 0.4) is 0 Å². The number of nitrogens with one attached hydrogen (secondary N) is 1. The summed E-state index contributed by atoms with van der Waals surface area (Å²) in [5, 5.41) is 14.9. The third-order valence-electron chi connectivity index (χ3n) is 3.76. The van der Waals surface area contributed by atoms with Gasteiger partial charge in [-0.2, -0.15) is 0 Å². The van der Waals surface area contributed by atoms with Crippen LogP contribution < -0.4 is 14.8 Å². The maximum atomic E-state index is 10.8. The maximum absolute atomic E-state index is 10.8. The summed E-state index contributed by atoms with van der Waals surface area (Å²) in [6.45, 7) is 4.89. The summed E-state index contributed by atoms with van der Waals surface area (Å²) < 4.78 is 11.3. The van der Waals surface area contributed by atoms with E-state index in [-0.39, 0.29) is 5.69 Å². The first-order chi connectivity index (χ1) is 12.6. The summed E-state index contributed by atoms with van der Waals surface area (Å²) in [7, 11) is 0. The molecule has 3 rings (SSSR count). The van der Waals surface area contributed by atoms with Crippen molar-refractivity contribution in [2.24, 2.45) is 0 Å². The molecule has 1 N–H and O–H groups in total. The number of nitrogens with zero attached hydrogens (tertiary/aromatic N) is 2. The van der Waals surface area contributed by atoms with Crippen molar-refractivity contribution in [1.82, 2.24) is 4.98 Å². The van der Waals surface area contributed by atoms with E-state index in [0.717, 1.165) is 22.3 Å². The average Bonchev–Trinajstić information content (AvgIpc) is 2.63. The van der Waals surface area contributed by atoms with Crippen molar-refractivity contribution in [1.29, 1.82) is 0 Å². The number of nitro groups is 1. The van der Waals surface area contributed by atoms with Crippen molar-refractivity contribution in [2.75, 3.05) is 18.5 Å². The summed E-state index contributed by atoms with van der Waals surface area (Å²) in [4.78, 5) is 14.8. The van der Waals surface area contributed by atoms with Crippen LogP contribution >= 0.6 is 0 Å². The molecule has 3 aromatic rings. The molecule has 0 atom stereocenters. The highest BCUT2D eigenvalue weighted by Crippen LogP contribution is 2.36. The minimum atomic E-state index is -0.421. The Morgan fingerprint density at radius 2 is 1.69 bits per heavy atom. The van der Waals surface area contributed by atoms with Gasteiger partial charge in [-0.05, 0) is 38.1 Å². The highest BCUT2D eigenvalue weighted by atomic mass is 16.6. The Morgan fingerprint density at radius 3 is 2.31 bits per heavy atom. The van der Waals surface area contributed by atoms with E-state index in [2.05, 4.69) is 10.3 Å². The van der Waals surface area contributed by atoms with Gasteiger partial charge in [0.15, 0.2) is 11.5 Å². The molecule has 134 valence electrons. The first-order valence-electron chi connectivity index (χ1n) is 8.32. The third kappa shape index (κ3) is 3.66. The number of pyridine rings is 1. The van der Waals surface area contributed by atoms with Gasteiger partial charge in [0.1, 0.15) is 0 Å². The molecule has 7 heteroatoms. The monoisotopic (exact) mass is 353 g/mol. The predicted molar refractivity (Wildman–Crippen MR) is 100 cm³/mol. The molecule has 2 aromatic carbocycles. The van der Waals surface area contributed by atoms with E-state index in [1.165, 1.54) is 12.1 Å². The Morgan fingerprint density at radius 1 is 1.04 bits per heavy atom. The fourth-order valence-electron chi connectivity index (χ4n) is 2.62. The number of rotatable bonds is 7. The molecule has 0 bridgehead atoms. The second kappa shape index (κ2) is 7.69. The van der Waals surface area contributed by atoms with Crippen LogP contribution in [-0.4, -0.2) is 23.1 Å². The number of ether oxygens (including phenoxy) is 2. The molecule has 0 fully saturated rings. The van der Waals surface area contributed by atoms with E-state index >= 15 is 0 Å². The molecule has 7 nitrogen and oxygen atoms in total. The summed E-state index contributed by atoms with van der Waals surface area (Å²) in [6, 6.07) is 11.9. The molecule has 0 unspecified atom stereocenters. The van der Waals surface area contributed by atoms with E-state index in [1.54, 1.807) is 18.3 Å². The van der Waals surface area contributed by atoms with Crippen LogP contribution in [0, 0.1) is 10.1 Å². The number of nitro benzene ring substituents is 1. The van der Waals surface area contributed by atoms with Crippen LogP contribution in [0.25, 0.3) is 10.9 Å². The van der Waals surface area contributed by atoms with E-state index in [9.17, 15) is 10.1 Å². The number of hydrogen-bond acceptors (Lipinski definition) is 6. The lowest BCUT2D eigenvalue weighted by Crippen LogP contribution is -2.00. The zero-order valence-corrected chi connectivity index (χ0v) is 14.6. The molecule has 26 heavy (non-hydrogen) atoms. The second-order valence-corrected chi connectivity index (χ2v) is 5.47. The van der Waals surface area contributed by atoms with Crippen LogP contribution in [0.4, 0.5) is 17.1 Å². The lowest BCUT2D eigenvalue weighted by atomic mass is 10.1. The normalized spacial score (nSPS) is 10.5. The fourth-order valence-corrected chi connectivity index (χ4v) is 2.62. The largest absolute Gasteiger partial charge is 0.490 e. The van der Waals surface area contributed by atoms with Gasteiger partial charge in [-0.3, -0.25) is 15.1 Å². The molecule has 1 heterocycles. The Hall–Kier alpha value is -3.35. The van der Waals surface area contributed by atoms with Gasteiger partial charge in [-0.15, -0.1) is 0 Å². The molecule has 0 spiro atoms. The Labute approximate surface area is 150 Å². The first-order valence-corrected chi connectivity index (χ1v) is 8.32. The highest BCUT2D eigenvalue weighted by Gasteiger charge is 2.11. The van der Waals surface area contributed by atoms with E-state index in [1.807, 2.05) is 32.0 Å². The fraction of sp³-hybridized carbons (Fsp3) is 0.211. The molecule has 0 aliphatic rings. The van der Waals surface area contributed by atoms with E-state index < -0.39 is 4.92 Å². The SMILES string of the molecule is CCOc1cc2nccc(Nc3ccc([N+](=O)[O-])cc3)c2cc1OCC. The summed E-state index contributed by atoms with van der Waals surface area (Å²) in [5.74, 6) is 1.31. The quantitative estimate of drug-likeness (QED) is 0.490. The lowest BCUT2D eigenvalue weighted by molar-refractivity contribution is -0.384. The van der Waals surface area contributed by atoms with Crippen molar-refractivity contribution >= 4 is 28.0 Å². The minimum Gasteiger partial charge on any atom is -0.490 e. The Kier molecular flexibility index (Phi) is 5.17. The van der Waals surface area contributed by atoms with Gasteiger partial charge in [0.25, 0.3) is 5.69 Å². The van der Waals surface area contributed by atoms with Crippen LogP contribution in [0.5, 0.6) is 11.5 Å². The number of hydrogen-bond donors (Lipinski definition) is 1. The molecule has 0 saturated carbocycles. The Balaban J connectivity index is 1.99. The number of fused-ring (bicyclic) bond motifs is 1. The van der Waals surface area contributed by atoms with Crippen LogP contribution in [-0.2, 0) is 0 Å². The molecule has 0 aliphatic heterocycles. The maximum Gasteiger partial charge on any atom is 0.269 e. The molecule has 0 radical (unpaired) electrons. The van der Waals surface area contributed by atoms with Gasteiger partial charge in [-0.1, -0.05) is 0 Å². The van der Waals surface area contributed by atoms with E-state index in [4.69, 9.17) is 9.47 Å². The molecular formula is C19H19N3O4. The van der Waals surface area contributed by atoms with Gasteiger partial charge in [0.05, 0.1) is 23.7 Å². The van der Waals surface area contributed by atoms with Crippen molar-refractivity contribution < 1.29 is 14.4 Å². The van der Waals surface area contributed by atoms with Crippen LogP contribution in [0.1, 0.15) is 13.8 Å². The van der Waals surface area contributed by atoms with Crippen molar-refractivity contribution in [3.63, 3.8) is 0 Å². The predicted octanol–water partition coefficient (Wildman–Crippen LogP) is 4.68. The summed E-state index contributed by atoms with van der Waals surface area (Å²) in [5.41, 5.74) is 2.39. The number of aromatic nitrogens is 1. The summed E-state index contributed by atoms with van der Waals surface area (Å²) >= 11 is 0. The van der Waals surface area contributed by atoms with Crippen LogP contribution in [0.2, 0.25) is 0 Å².